The van der Waals surface area contributed by atoms with E-state index in [1.54, 1.807) is 12.1 Å². The van der Waals surface area contributed by atoms with E-state index in [0.717, 1.165) is 5.69 Å². The van der Waals surface area contributed by atoms with Gasteiger partial charge in [0.2, 0.25) is 0 Å². The highest BCUT2D eigenvalue weighted by Gasteiger charge is 2.41. The van der Waals surface area contributed by atoms with Crippen LogP contribution in [0.15, 0.2) is 24.3 Å². The van der Waals surface area contributed by atoms with Gasteiger partial charge in [-0.05, 0) is 25.0 Å². The third-order valence-corrected chi connectivity index (χ3v) is 4.10. The number of rotatable bonds is 2. The largest absolute Gasteiger partial charge is 0.391 e. The number of H-pyrrole nitrogens is 1. The fraction of sp³-hybridized carbons (Fsp3) is 0.400. The zero-order valence-electron chi connectivity index (χ0n) is 12.1. The van der Waals surface area contributed by atoms with E-state index in [1.807, 2.05) is 23.1 Å². The van der Waals surface area contributed by atoms with Crippen molar-refractivity contribution in [1.29, 1.82) is 5.26 Å². The molecule has 0 bridgehead atoms. The Morgan fingerprint density at radius 1 is 1.26 bits per heavy atom. The van der Waals surface area contributed by atoms with Gasteiger partial charge in [-0.15, -0.1) is 5.10 Å². The van der Waals surface area contributed by atoms with Gasteiger partial charge in [-0.3, -0.25) is 0 Å². The minimum atomic E-state index is -4.11. The lowest BCUT2D eigenvalue weighted by molar-refractivity contribution is -0.179. The van der Waals surface area contributed by atoms with E-state index in [9.17, 15) is 13.2 Å². The third kappa shape index (κ3) is 3.13. The number of nitrogens with one attached hydrogen (secondary N) is 1. The molecule has 1 fully saturated rings. The molecule has 1 aliphatic heterocycles. The molecule has 0 amide bonds. The predicted octanol–water partition coefficient (Wildman–Crippen LogP) is 3.12. The Labute approximate surface area is 130 Å². The lowest BCUT2D eigenvalue weighted by Gasteiger charge is -2.34. The monoisotopic (exact) mass is 321 g/mol. The van der Waals surface area contributed by atoms with Gasteiger partial charge in [-0.25, -0.2) is 5.10 Å². The Morgan fingerprint density at radius 3 is 2.65 bits per heavy atom. The van der Waals surface area contributed by atoms with Gasteiger partial charge in [-0.1, -0.05) is 17.3 Å². The van der Waals surface area contributed by atoms with Crippen LogP contribution in [0.5, 0.6) is 0 Å². The highest BCUT2D eigenvalue weighted by molar-refractivity contribution is 5.68. The molecule has 1 aliphatic rings. The molecule has 1 saturated heterocycles. The van der Waals surface area contributed by atoms with Crippen molar-refractivity contribution in [3.05, 3.63) is 30.0 Å². The second-order valence-corrected chi connectivity index (χ2v) is 5.50. The summed E-state index contributed by atoms with van der Waals surface area (Å²) in [5.41, 5.74) is 2.25. The minimum absolute atomic E-state index is 0.0983. The summed E-state index contributed by atoms with van der Waals surface area (Å²) in [7, 11) is 0. The molecule has 1 N–H and O–H groups in total. The highest BCUT2D eigenvalue weighted by atomic mass is 19.4. The fourth-order valence-corrected chi connectivity index (χ4v) is 2.82. The van der Waals surface area contributed by atoms with Crippen LogP contribution >= 0.6 is 0 Å². The van der Waals surface area contributed by atoms with E-state index in [0.29, 0.717) is 24.3 Å². The molecule has 1 aromatic carbocycles. The summed E-state index contributed by atoms with van der Waals surface area (Å²) < 4.78 is 38.2. The number of hydrogen-bond acceptors (Lipinski definition) is 4. The van der Waals surface area contributed by atoms with Crippen LogP contribution in [0.4, 0.5) is 18.9 Å². The smallest absolute Gasteiger partial charge is 0.371 e. The third-order valence-electron chi connectivity index (χ3n) is 4.10. The van der Waals surface area contributed by atoms with Gasteiger partial charge in [0.15, 0.2) is 5.69 Å². The van der Waals surface area contributed by atoms with Crippen molar-refractivity contribution in [2.75, 3.05) is 18.0 Å². The number of aromatic nitrogens is 3. The van der Waals surface area contributed by atoms with Crippen LogP contribution in [0.1, 0.15) is 18.5 Å². The van der Waals surface area contributed by atoms with Crippen LogP contribution in [0, 0.1) is 17.2 Å². The molecule has 5 nitrogen and oxygen atoms in total. The maximum atomic E-state index is 12.7. The number of alkyl halides is 3. The molecule has 8 heteroatoms. The molecule has 2 aromatic rings. The van der Waals surface area contributed by atoms with Crippen molar-refractivity contribution in [3.63, 3.8) is 0 Å². The van der Waals surface area contributed by atoms with E-state index in [-0.39, 0.29) is 18.5 Å². The Balaban J connectivity index is 1.78. The second-order valence-electron chi connectivity index (χ2n) is 5.50. The first-order valence-corrected chi connectivity index (χ1v) is 7.22. The van der Waals surface area contributed by atoms with Gasteiger partial charge < -0.3 is 4.90 Å². The maximum Gasteiger partial charge on any atom is 0.391 e. The van der Waals surface area contributed by atoms with Gasteiger partial charge in [-0.2, -0.15) is 18.4 Å². The summed E-state index contributed by atoms with van der Waals surface area (Å²) >= 11 is 0. The summed E-state index contributed by atoms with van der Waals surface area (Å²) in [4.78, 5) is 1.93. The van der Waals surface area contributed by atoms with Crippen molar-refractivity contribution in [2.45, 2.75) is 19.0 Å². The number of hydrogen-bond donors (Lipinski definition) is 1. The van der Waals surface area contributed by atoms with Gasteiger partial charge in [0, 0.05) is 24.3 Å². The number of aromatic amines is 1. The Morgan fingerprint density at radius 2 is 2.00 bits per heavy atom. The van der Waals surface area contributed by atoms with Crippen molar-refractivity contribution >= 4 is 5.69 Å². The molecule has 3 rings (SSSR count). The normalized spacial score (nSPS) is 16.3. The summed E-state index contributed by atoms with van der Waals surface area (Å²) in [6, 6.07) is 9.25. The summed E-state index contributed by atoms with van der Waals surface area (Å²) in [5, 5.41) is 19.0. The molecular formula is C15H14F3N5. The average Bonchev–Trinajstić information content (AvgIpc) is 3.03. The molecule has 0 unspecified atom stereocenters. The van der Waals surface area contributed by atoms with Crippen LogP contribution in [0.2, 0.25) is 0 Å². The fourth-order valence-electron chi connectivity index (χ4n) is 2.82. The van der Waals surface area contributed by atoms with E-state index in [2.05, 4.69) is 15.4 Å². The quantitative estimate of drug-likeness (QED) is 0.923. The maximum absolute atomic E-state index is 12.7. The molecule has 1 aromatic heterocycles. The molecule has 23 heavy (non-hydrogen) atoms. The van der Waals surface area contributed by atoms with E-state index in [4.69, 9.17) is 5.26 Å². The molecule has 0 radical (unpaired) electrons. The Kier molecular flexibility index (Phi) is 3.94. The van der Waals surface area contributed by atoms with E-state index >= 15 is 0 Å². The molecular weight excluding hydrogens is 307 g/mol. The van der Waals surface area contributed by atoms with Gasteiger partial charge in [0.05, 0.1) is 5.92 Å². The van der Waals surface area contributed by atoms with Gasteiger partial charge in [0.1, 0.15) is 11.8 Å². The first-order chi connectivity index (χ1) is 11.0. The lowest BCUT2D eigenvalue weighted by Crippen LogP contribution is -2.39. The van der Waals surface area contributed by atoms with Crippen molar-refractivity contribution in [1.82, 2.24) is 15.4 Å². The summed E-state index contributed by atoms with van der Waals surface area (Å²) in [5.74, 6) is -1.22. The molecule has 0 atom stereocenters. The van der Waals surface area contributed by atoms with E-state index in [1.165, 1.54) is 0 Å². The van der Waals surface area contributed by atoms with Crippen molar-refractivity contribution < 1.29 is 13.2 Å². The Bertz CT molecular complexity index is 723. The van der Waals surface area contributed by atoms with Crippen molar-refractivity contribution in [3.8, 4) is 17.3 Å². The first-order valence-electron chi connectivity index (χ1n) is 7.22. The van der Waals surface area contributed by atoms with Crippen LogP contribution in [0.3, 0.4) is 0 Å². The zero-order chi connectivity index (χ0) is 16.4. The van der Waals surface area contributed by atoms with Crippen LogP contribution in [-0.4, -0.2) is 34.7 Å². The number of anilines is 1. The molecule has 0 aliphatic carbocycles. The molecule has 2 heterocycles. The number of nitrogens with zero attached hydrogens (tertiary/aromatic N) is 4. The first kappa shape index (κ1) is 15.3. The van der Waals surface area contributed by atoms with Crippen LogP contribution in [-0.2, 0) is 0 Å². The van der Waals surface area contributed by atoms with Crippen LogP contribution < -0.4 is 4.90 Å². The predicted molar refractivity (Wildman–Crippen MR) is 77.5 cm³/mol. The average molecular weight is 321 g/mol. The van der Waals surface area contributed by atoms with Crippen LogP contribution in [0.25, 0.3) is 11.3 Å². The number of halogens is 3. The number of nitriles is 1. The van der Waals surface area contributed by atoms with E-state index < -0.39 is 12.1 Å². The number of benzene rings is 1. The van der Waals surface area contributed by atoms with Gasteiger partial charge >= 0.3 is 6.18 Å². The topological polar surface area (TPSA) is 68.6 Å². The summed E-state index contributed by atoms with van der Waals surface area (Å²) in [6.07, 6.45) is -3.92. The minimum Gasteiger partial charge on any atom is -0.371 e. The standard InChI is InChI=1S/C15H14F3N5/c16-15(17,18)11-4-6-23(7-5-11)12-3-1-2-10(8-12)14-13(9-19)20-22-21-14/h1-3,8,11H,4-7H2,(H,20,21,22). The molecule has 120 valence electrons. The highest BCUT2D eigenvalue weighted by Crippen LogP contribution is 2.36. The lowest BCUT2D eigenvalue weighted by atomic mass is 9.95. The molecule has 0 spiro atoms. The Hall–Kier alpha value is -2.56. The summed E-state index contributed by atoms with van der Waals surface area (Å²) in [6.45, 7) is 0.717. The second kappa shape index (κ2) is 5.91. The van der Waals surface area contributed by atoms with Gasteiger partial charge in [0.25, 0.3) is 0 Å². The van der Waals surface area contributed by atoms with Crippen molar-refractivity contribution in [2.24, 2.45) is 5.92 Å². The molecule has 0 saturated carbocycles. The zero-order valence-corrected chi connectivity index (χ0v) is 12.1. The number of piperidine rings is 1. The SMILES string of the molecule is N#Cc1[nH]nnc1-c1cccc(N2CCC(C(F)(F)F)CC2)c1.